The average molecular weight is 322 g/mol. The summed E-state index contributed by atoms with van der Waals surface area (Å²) in [7, 11) is 1.67. The minimum atomic E-state index is 0.781. The summed E-state index contributed by atoms with van der Waals surface area (Å²) >= 11 is 3.59. The number of aromatic nitrogens is 1. The van der Waals surface area contributed by atoms with Crippen LogP contribution >= 0.6 is 15.9 Å². The molecule has 2 aromatic rings. The molecule has 1 aliphatic rings. The maximum absolute atomic E-state index is 5.76. The monoisotopic (exact) mass is 321 g/mol. The van der Waals surface area contributed by atoms with Crippen LogP contribution in [0.4, 0.5) is 5.69 Å². The number of benzene rings is 1. The summed E-state index contributed by atoms with van der Waals surface area (Å²) in [5.74, 6) is 6.54. The van der Waals surface area contributed by atoms with Crippen LogP contribution in [0.5, 0.6) is 5.75 Å². The molecule has 0 unspecified atom stereocenters. The summed E-state index contributed by atoms with van der Waals surface area (Å²) in [5, 5.41) is 1.00. The Bertz CT molecular complexity index is 642. The Balaban J connectivity index is 2.42. The molecule has 1 aromatic carbocycles. The third-order valence-corrected chi connectivity index (χ3v) is 4.35. The van der Waals surface area contributed by atoms with Crippen molar-refractivity contribution in [1.82, 2.24) is 4.98 Å². The zero-order chi connectivity index (χ0) is 13.4. The van der Waals surface area contributed by atoms with Crippen LogP contribution < -0.4 is 16.0 Å². The van der Waals surface area contributed by atoms with Crippen molar-refractivity contribution in [1.29, 1.82) is 0 Å². The van der Waals surface area contributed by atoms with Gasteiger partial charge in [0.25, 0.3) is 0 Å². The maximum Gasteiger partial charge on any atom is 0.145 e. The van der Waals surface area contributed by atoms with Crippen molar-refractivity contribution < 1.29 is 4.74 Å². The third-order valence-electron chi connectivity index (χ3n) is 3.69. The van der Waals surface area contributed by atoms with Crippen molar-refractivity contribution in [3.63, 3.8) is 0 Å². The van der Waals surface area contributed by atoms with Crippen LogP contribution in [0.15, 0.2) is 16.6 Å². The number of ether oxygens (including phenoxy) is 1. The molecule has 3 rings (SSSR count). The highest BCUT2D eigenvalue weighted by molar-refractivity contribution is 9.10. The van der Waals surface area contributed by atoms with Crippen LogP contribution in [0, 0.1) is 0 Å². The van der Waals surface area contributed by atoms with Crippen molar-refractivity contribution in [3.05, 3.63) is 27.9 Å². The third kappa shape index (κ3) is 1.97. The second-order valence-corrected chi connectivity index (χ2v) is 5.59. The van der Waals surface area contributed by atoms with Crippen LogP contribution in [-0.2, 0) is 12.8 Å². The van der Waals surface area contributed by atoms with E-state index in [1.807, 2.05) is 12.1 Å². The van der Waals surface area contributed by atoms with Gasteiger partial charge in [0.2, 0.25) is 0 Å². The van der Waals surface area contributed by atoms with E-state index in [1.54, 1.807) is 7.11 Å². The largest absolute Gasteiger partial charge is 0.494 e. The second-order valence-electron chi connectivity index (χ2n) is 4.74. The molecule has 0 atom stereocenters. The van der Waals surface area contributed by atoms with Crippen molar-refractivity contribution in [2.75, 3.05) is 12.5 Å². The van der Waals surface area contributed by atoms with E-state index in [-0.39, 0.29) is 0 Å². The number of fused-ring (bicyclic) bond motifs is 2. The number of aryl methyl sites for hydroxylation is 1. The number of halogens is 1. The predicted octanol–water partition coefficient (Wildman–Crippen LogP) is 3.17. The van der Waals surface area contributed by atoms with Crippen LogP contribution in [0.1, 0.15) is 24.1 Å². The molecule has 0 saturated carbocycles. The Morgan fingerprint density at radius 2 is 2.11 bits per heavy atom. The number of hydrazine groups is 1. The van der Waals surface area contributed by atoms with Crippen molar-refractivity contribution in [2.45, 2.75) is 25.7 Å². The van der Waals surface area contributed by atoms with E-state index in [1.165, 1.54) is 18.4 Å². The fourth-order valence-corrected chi connectivity index (χ4v) is 3.31. The Labute approximate surface area is 120 Å². The molecule has 1 aliphatic carbocycles. The molecule has 100 valence electrons. The van der Waals surface area contributed by atoms with E-state index in [0.717, 1.165) is 45.3 Å². The molecule has 1 heterocycles. The molecule has 0 spiro atoms. The van der Waals surface area contributed by atoms with E-state index < -0.39 is 0 Å². The molecule has 3 N–H and O–H groups in total. The minimum Gasteiger partial charge on any atom is -0.494 e. The van der Waals surface area contributed by atoms with E-state index in [2.05, 4.69) is 21.4 Å². The molecule has 0 radical (unpaired) electrons. The Morgan fingerprint density at radius 3 is 2.84 bits per heavy atom. The van der Waals surface area contributed by atoms with Gasteiger partial charge in [-0.05, 0) is 43.4 Å². The van der Waals surface area contributed by atoms with Gasteiger partial charge in [-0.15, -0.1) is 0 Å². The number of nitrogens with zero attached hydrogens (tertiary/aromatic N) is 1. The van der Waals surface area contributed by atoms with Crippen LogP contribution in [0.3, 0.4) is 0 Å². The standard InChI is InChI=1S/C14H16BrN3O/c1-19-11-7-6-9(15)12-13(18-16)8-4-2-3-5-10(8)17-14(11)12/h6-7H,2-5,16H2,1H3,(H,17,18). The second kappa shape index (κ2) is 4.98. The maximum atomic E-state index is 5.76. The number of nitrogen functional groups attached to an aromatic ring is 1. The summed E-state index contributed by atoms with van der Waals surface area (Å²) in [6, 6.07) is 3.90. The summed E-state index contributed by atoms with van der Waals surface area (Å²) in [4.78, 5) is 4.81. The lowest BCUT2D eigenvalue weighted by molar-refractivity contribution is 0.418. The normalized spacial score (nSPS) is 14.3. The van der Waals surface area contributed by atoms with E-state index in [0.29, 0.717) is 0 Å². The molecule has 4 nitrogen and oxygen atoms in total. The van der Waals surface area contributed by atoms with Crippen molar-refractivity contribution >= 4 is 32.5 Å². The average Bonchev–Trinajstić information content (AvgIpc) is 2.45. The number of anilines is 1. The van der Waals surface area contributed by atoms with Gasteiger partial charge in [0.05, 0.1) is 12.8 Å². The van der Waals surface area contributed by atoms with Crippen LogP contribution in [-0.4, -0.2) is 12.1 Å². The number of methoxy groups -OCH3 is 1. The molecule has 5 heteroatoms. The number of hydrogen-bond acceptors (Lipinski definition) is 4. The first-order valence-corrected chi connectivity index (χ1v) is 7.20. The van der Waals surface area contributed by atoms with Gasteiger partial charge in [-0.2, -0.15) is 0 Å². The van der Waals surface area contributed by atoms with Gasteiger partial charge in [-0.1, -0.05) is 15.9 Å². The number of hydrogen-bond donors (Lipinski definition) is 2. The highest BCUT2D eigenvalue weighted by Gasteiger charge is 2.20. The Morgan fingerprint density at radius 1 is 1.32 bits per heavy atom. The topological polar surface area (TPSA) is 60.2 Å². The SMILES string of the molecule is COc1ccc(Br)c2c(NN)c3c(nc12)CCCC3. The first kappa shape index (κ1) is 12.7. The molecule has 0 amide bonds. The van der Waals surface area contributed by atoms with Gasteiger partial charge < -0.3 is 10.2 Å². The molecule has 0 saturated heterocycles. The first-order valence-electron chi connectivity index (χ1n) is 6.41. The first-order chi connectivity index (χ1) is 9.26. The Kier molecular flexibility index (Phi) is 3.33. The highest BCUT2D eigenvalue weighted by Crippen LogP contribution is 2.39. The van der Waals surface area contributed by atoms with E-state index >= 15 is 0 Å². The lowest BCUT2D eigenvalue weighted by Gasteiger charge is -2.21. The number of nitrogens with two attached hydrogens (primary N) is 1. The van der Waals surface area contributed by atoms with E-state index in [4.69, 9.17) is 15.6 Å². The highest BCUT2D eigenvalue weighted by atomic mass is 79.9. The Hall–Kier alpha value is -1.33. The lowest BCUT2D eigenvalue weighted by Crippen LogP contribution is -2.15. The number of pyridine rings is 1. The number of nitrogens with one attached hydrogen (secondary N) is 1. The quantitative estimate of drug-likeness (QED) is 0.659. The smallest absolute Gasteiger partial charge is 0.145 e. The fourth-order valence-electron chi connectivity index (χ4n) is 2.79. The van der Waals surface area contributed by atoms with Gasteiger partial charge >= 0.3 is 0 Å². The van der Waals surface area contributed by atoms with Gasteiger partial charge in [0.1, 0.15) is 11.3 Å². The zero-order valence-corrected chi connectivity index (χ0v) is 12.4. The fraction of sp³-hybridized carbons (Fsp3) is 0.357. The predicted molar refractivity (Wildman–Crippen MR) is 80.4 cm³/mol. The molecular formula is C14H16BrN3O. The summed E-state index contributed by atoms with van der Waals surface area (Å²) in [6.45, 7) is 0. The summed E-state index contributed by atoms with van der Waals surface area (Å²) in [5.41, 5.74) is 7.10. The van der Waals surface area contributed by atoms with E-state index in [9.17, 15) is 0 Å². The van der Waals surface area contributed by atoms with Crippen LogP contribution in [0.2, 0.25) is 0 Å². The lowest BCUT2D eigenvalue weighted by atomic mass is 9.93. The van der Waals surface area contributed by atoms with Gasteiger partial charge in [-0.25, -0.2) is 4.98 Å². The minimum absolute atomic E-state index is 0.781. The molecule has 19 heavy (non-hydrogen) atoms. The molecule has 1 aromatic heterocycles. The van der Waals surface area contributed by atoms with Crippen LogP contribution in [0.25, 0.3) is 10.9 Å². The number of rotatable bonds is 2. The van der Waals surface area contributed by atoms with Crippen molar-refractivity contribution in [2.24, 2.45) is 5.84 Å². The van der Waals surface area contributed by atoms with Gasteiger partial charge in [0.15, 0.2) is 0 Å². The van der Waals surface area contributed by atoms with Crippen molar-refractivity contribution in [3.8, 4) is 5.75 Å². The molecule has 0 bridgehead atoms. The summed E-state index contributed by atoms with van der Waals surface area (Å²) < 4.78 is 6.40. The van der Waals surface area contributed by atoms with Gasteiger partial charge in [-0.3, -0.25) is 5.84 Å². The van der Waals surface area contributed by atoms with Gasteiger partial charge in [0, 0.05) is 15.6 Å². The molecule has 0 aliphatic heterocycles. The molecule has 0 fully saturated rings. The molecular weight excluding hydrogens is 306 g/mol. The zero-order valence-electron chi connectivity index (χ0n) is 10.8. The summed E-state index contributed by atoms with van der Waals surface area (Å²) in [6.07, 6.45) is 4.42.